The molecule has 9 nitrogen and oxygen atoms in total. The van der Waals surface area contributed by atoms with Gasteiger partial charge in [0.05, 0.1) is 11.3 Å². The molecule has 2 aromatic heterocycles. The number of ketones is 1. The highest BCUT2D eigenvalue weighted by molar-refractivity contribution is 6.38. The highest BCUT2D eigenvalue weighted by atomic mass is 16.5. The summed E-state index contributed by atoms with van der Waals surface area (Å²) >= 11 is 0. The summed E-state index contributed by atoms with van der Waals surface area (Å²) in [5, 5.41) is 7.30. The van der Waals surface area contributed by atoms with Crippen LogP contribution in [0.25, 0.3) is 17.1 Å². The van der Waals surface area contributed by atoms with Crippen molar-refractivity contribution in [1.29, 1.82) is 0 Å². The van der Waals surface area contributed by atoms with Crippen LogP contribution in [0.1, 0.15) is 21.5 Å². The molecule has 2 heterocycles. The number of pyridine rings is 1. The quantitative estimate of drug-likeness (QED) is 0.242. The summed E-state index contributed by atoms with van der Waals surface area (Å²) < 4.78 is 7.44. The summed E-state index contributed by atoms with van der Waals surface area (Å²) in [6, 6.07) is 30.4. The second-order valence-corrected chi connectivity index (χ2v) is 9.27. The van der Waals surface area contributed by atoms with Gasteiger partial charge in [0.2, 0.25) is 5.78 Å². The molecule has 0 saturated heterocycles. The number of hydrogen-bond donors (Lipinski definition) is 2. The number of nitrogens with one attached hydrogen (secondary N) is 1. The van der Waals surface area contributed by atoms with Crippen molar-refractivity contribution in [3.63, 3.8) is 0 Å². The molecule has 0 aliphatic rings. The number of amides is 2. The van der Waals surface area contributed by atoms with Gasteiger partial charge in [0, 0.05) is 24.4 Å². The Labute approximate surface area is 236 Å². The first-order valence-electron chi connectivity index (χ1n) is 12.9. The molecule has 0 saturated carbocycles. The predicted molar refractivity (Wildman–Crippen MR) is 153 cm³/mol. The van der Waals surface area contributed by atoms with Crippen molar-refractivity contribution >= 4 is 17.6 Å². The molecule has 0 aliphatic carbocycles. The average Bonchev–Trinajstić information content (AvgIpc) is 3.51. The molecule has 5 rings (SSSR count). The number of nitrogens with zero attached hydrogens (tertiary/aromatic N) is 3. The second-order valence-electron chi connectivity index (χ2n) is 9.27. The van der Waals surface area contributed by atoms with Crippen LogP contribution in [0.5, 0.6) is 5.75 Å². The lowest BCUT2D eigenvalue weighted by Crippen LogP contribution is -2.47. The first-order chi connectivity index (χ1) is 20.0. The van der Waals surface area contributed by atoms with E-state index in [1.54, 1.807) is 36.7 Å². The van der Waals surface area contributed by atoms with E-state index >= 15 is 0 Å². The van der Waals surface area contributed by atoms with Crippen molar-refractivity contribution in [2.75, 3.05) is 0 Å². The molecular formula is C32H27N5O4. The lowest BCUT2D eigenvalue weighted by Gasteiger charge is -2.17. The summed E-state index contributed by atoms with van der Waals surface area (Å²) in [4.78, 5) is 42.0. The van der Waals surface area contributed by atoms with Gasteiger partial charge in [-0.05, 0) is 41.5 Å². The Morgan fingerprint density at radius 3 is 2.32 bits per heavy atom. The maximum atomic E-state index is 13.4. The van der Waals surface area contributed by atoms with Crippen LogP contribution in [0.3, 0.4) is 0 Å². The van der Waals surface area contributed by atoms with Crippen LogP contribution in [-0.4, -0.2) is 38.4 Å². The number of carbonyl (C=O) groups is 3. The highest BCUT2D eigenvalue weighted by Crippen LogP contribution is 2.24. The van der Waals surface area contributed by atoms with E-state index in [-0.39, 0.29) is 17.8 Å². The third-order valence-corrected chi connectivity index (χ3v) is 6.36. The van der Waals surface area contributed by atoms with E-state index < -0.39 is 23.6 Å². The molecule has 1 unspecified atom stereocenters. The molecule has 0 bridgehead atoms. The molecule has 0 spiro atoms. The monoisotopic (exact) mass is 545 g/mol. The maximum absolute atomic E-state index is 13.4. The lowest BCUT2D eigenvalue weighted by atomic mass is 10.0. The SMILES string of the molecule is NC(=O)C(=O)C(Cc1ccccc1)NC(=O)c1cccnc1-n1ccc(-c2cccc(OCc3ccccc3)c2)n1. The largest absolute Gasteiger partial charge is 0.489 e. The fourth-order valence-corrected chi connectivity index (χ4v) is 4.31. The predicted octanol–water partition coefficient (Wildman–Crippen LogP) is 3.91. The summed E-state index contributed by atoms with van der Waals surface area (Å²) in [5.74, 6) is -1.63. The van der Waals surface area contributed by atoms with Gasteiger partial charge in [0.25, 0.3) is 11.8 Å². The van der Waals surface area contributed by atoms with Gasteiger partial charge >= 0.3 is 0 Å². The number of rotatable bonds is 11. The van der Waals surface area contributed by atoms with Crippen molar-refractivity contribution in [3.8, 4) is 22.8 Å². The first-order valence-corrected chi connectivity index (χ1v) is 12.9. The van der Waals surface area contributed by atoms with Crippen LogP contribution in [-0.2, 0) is 22.6 Å². The molecule has 3 aromatic carbocycles. The molecule has 0 aliphatic heterocycles. The molecule has 204 valence electrons. The Bertz CT molecular complexity index is 1670. The number of primary amides is 1. The molecule has 3 N–H and O–H groups in total. The Balaban J connectivity index is 1.35. The van der Waals surface area contributed by atoms with Gasteiger partial charge in [0.15, 0.2) is 5.82 Å². The van der Waals surface area contributed by atoms with Gasteiger partial charge < -0.3 is 15.8 Å². The minimum atomic E-state index is -1.14. The molecule has 0 radical (unpaired) electrons. The number of ether oxygens (including phenoxy) is 1. The van der Waals surface area contributed by atoms with Crippen LogP contribution < -0.4 is 15.8 Å². The number of nitrogens with two attached hydrogens (primary N) is 1. The Morgan fingerprint density at radius 1 is 0.854 bits per heavy atom. The third-order valence-electron chi connectivity index (χ3n) is 6.36. The number of aromatic nitrogens is 3. The molecule has 41 heavy (non-hydrogen) atoms. The average molecular weight is 546 g/mol. The number of hydrogen-bond acceptors (Lipinski definition) is 6. The summed E-state index contributed by atoms with van der Waals surface area (Å²) in [6.07, 6.45) is 3.35. The van der Waals surface area contributed by atoms with Crippen molar-refractivity contribution in [1.82, 2.24) is 20.1 Å². The Hall–Kier alpha value is -5.57. The van der Waals surface area contributed by atoms with Crippen LogP contribution >= 0.6 is 0 Å². The fourth-order valence-electron chi connectivity index (χ4n) is 4.31. The molecule has 1 atom stereocenters. The maximum Gasteiger partial charge on any atom is 0.287 e. The first kappa shape index (κ1) is 27.0. The molecule has 0 fully saturated rings. The fraction of sp³-hybridized carbons (Fsp3) is 0.0938. The van der Waals surface area contributed by atoms with Crippen molar-refractivity contribution in [2.24, 2.45) is 5.73 Å². The molecule has 5 aromatic rings. The van der Waals surface area contributed by atoms with Gasteiger partial charge in [-0.1, -0.05) is 72.8 Å². The van der Waals surface area contributed by atoms with Gasteiger partial charge in [-0.25, -0.2) is 9.67 Å². The lowest BCUT2D eigenvalue weighted by molar-refractivity contribution is -0.137. The smallest absolute Gasteiger partial charge is 0.287 e. The third kappa shape index (κ3) is 6.72. The summed E-state index contributed by atoms with van der Waals surface area (Å²) in [6.45, 7) is 0.439. The molecule has 2 amide bonds. The number of benzene rings is 3. The van der Waals surface area contributed by atoms with Gasteiger partial charge in [-0.2, -0.15) is 5.10 Å². The van der Waals surface area contributed by atoms with E-state index in [4.69, 9.17) is 10.5 Å². The van der Waals surface area contributed by atoms with Gasteiger partial charge in [-0.3, -0.25) is 14.4 Å². The van der Waals surface area contributed by atoms with E-state index in [9.17, 15) is 14.4 Å². The minimum absolute atomic E-state index is 0.110. The van der Waals surface area contributed by atoms with Gasteiger partial charge in [-0.15, -0.1) is 0 Å². The summed E-state index contributed by atoms with van der Waals surface area (Å²) in [7, 11) is 0. The van der Waals surface area contributed by atoms with Crippen LogP contribution in [0.4, 0.5) is 0 Å². The van der Waals surface area contributed by atoms with E-state index in [1.807, 2.05) is 78.9 Å². The van der Waals surface area contributed by atoms with Crippen LogP contribution in [0, 0.1) is 0 Å². The molecule has 9 heteroatoms. The zero-order valence-corrected chi connectivity index (χ0v) is 22.0. The minimum Gasteiger partial charge on any atom is -0.489 e. The van der Waals surface area contributed by atoms with E-state index in [0.717, 1.165) is 16.7 Å². The zero-order valence-electron chi connectivity index (χ0n) is 22.0. The molecular weight excluding hydrogens is 518 g/mol. The zero-order chi connectivity index (χ0) is 28.6. The Kier molecular flexibility index (Phi) is 8.25. The Morgan fingerprint density at radius 2 is 1.59 bits per heavy atom. The second kappa shape index (κ2) is 12.5. The van der Waals surface area contributed by atoms with Crippen molar-refractivity contribution in [3.05, 3.63) is 132 Å². The standard InChI is InChI=1S/C32H27N5O4/c33-30(39)29(38)28(19-22-9-3-1-4-10-22)35-32(40)26-15-8-17-34-31(26)37-18-16-27(36-37)24-13-7-14-25(20-24)41-21-23-11-5-2-6-12-23/h1-18,20,28H,19,21H2,(H2,33,39)(H,35,40). The van der Waals surface area contributed by atoms with E-state index in [0.29, 0.717) is 18.1 Å². The topological polar surface area (TPSA) is 129 Å². The van der Waals surface area contributed by atoms with E-state index in [1.165, 1.54) is 4.68 Å². The normalized spacial score (nSPS) is 11.4. The van der Waals surface area contributed by atoms with Crippen molar-refractivity contribution < 1.29 is 19.1 Å². The van der Waals surface area contributed by atoms with Crippen LogP contribution in [0.15, 0.2) is 116 Å². The van der Waals surface area contributed by atoms with E-state index in [2.05, 4.69) is 15.4 Å². The number of carbonyl (C=O) groups excluding carboxylic acids is 3. The highest BCUT2D eigenvalue weighted by Gasteiger charge is 2.27. The van der Waals surface area contributed by atoms with Crippen molar-refractivity contribution in [2.45, 2.75) is 19.1 Å². The van der Waals surface area contributed by atoms with Gasteiger partial charge in [0.1, 0.15) is 18.4 Å². The number of Topliss-reactive ketones (excluding diaryl/α,β-unsaturated/α-hetero) is 1. The van der Waals surface area contributed by atoms with Crippen LogP contribution in [0.2, 0.25) is 0 Å². The summed E-state index contributed by atoms with van der Waals surface area (Å²) in [5.41, 5.74) is 8.75.